The van der Waals surface area contributed by atoms with Gasteiger partial charge in [0.05, 0.1) is 24.3 Å². The maximum atomic E-state index is 13.2. The van der Waals surface area contributed by atoms with Gasteiger partial charge in [0.1, 0.15) is 23.0 Å². The summed E-state index contributed by atoms with van der Waals surface area (Å²) in [6.07, 6.45) is -1.60. The van der Waals surface area contributed by atoms with Crippen LogP contribution < -0.4 is 4.90 Å². The molecule has 1 aromatic carbocycles. The highest BCUT2D eigenvalue weighted by Gasteiger charge is 2.35. The Morgan fingerprint density at radius 1 is 1.16 bits per heavy atom. The number of amides is 1. The van der Waals surface area contributed by atoms with Crippen molar-refractivity contribution in [2.75, 3.05) is 4.90 Å². The van der Waals surface area contributed by atoms with Crippen molar-refractivity contribution < 1.29 is 18.0 Å². The first-order chi connectivity index (χ1) is 17.6. The molecule has 0 bridgehead atoms. The van der Waals surface area contributed by atoms with Gasteiger partial charge in [0, 0.05) is 36.8 Å². The van der Waals surface area contributed by atoms with Crippen LogP contribution in [0.4, 0.5) is 19.0 Å². The second-order valence-corrected chi connectivity index (χ2v) is 9.56. The molecule has 1 amide bonds. The van der Waals surface area contributed by atoms with Crippen LogP contribution in [0.15, 0.2) is 42.7 Å². The first-order valence-corrected chi connectivity index (χ1v) is 12.3. The Labute approximate surface area is 216 Å². The minimum absolute atomic E-state index is 0.0390. The van der Waals surface area contributed by atoms with E-state index in [-0.39, 0.29) is 24.3 Å². The summed E-state index contributed by atoms with van der Waals surface area (Å²) < 4.78 is 44.5. The minimum atomic E-state index is -4.51. The lowest BCUT2D eigenvalue weighted by Gasteiger charge is -2.27. The molecular weight excluding hydrogens is 507 g/mol. The van der Waals surface area contributed by atoms with E-state index in [2.05, 4.69) is 10.1 Å². The summed E-state index contributed by atoms with van der Waals surface area (Å²) in [6.45, 7) is 6.86. The molecule has 0 spiro atoms. The van der Waals surface area contributed by atoms with Gasteiger partial charge in [-0.15, -0.1) is 0 Å². The van der Waals surface area contributed by atoms with Gasteiger partial charge in [-0.25, -0.2) is 9.67 Å². The van der Waals surface area contributed by atoms with Crippen LogP contribution >= 0.6 is 11.6 Å². The minimum Gasteiger partial charge on any atom is -0.331 e. The molecule has 0 fully saturated rings. The van der Waals surface area contributed by atoms with Gasteiger partial charge >= 0.3 is 6.18 Å². The number of nitrogens with zero attached hydrogens (tertiary/aromatic N) is 7. The monoisotopic (exact) mass is 531 g/mol. The largest absolute Gasteiger partial charge is 0.434 e. The van der Waals surface area contributed by atoms with Crippen LogP contribution in [-0.2, 0) is 30.6 Å². The number of carbonyl (C=O) groups is 1. The molecule has 0 saturated carbocycles. The number of benzene rings is 1. The molecule has 0 atom stereocenters. The predicted octanol–water partition coefficient (Wildman–Crippen LogP) is 5.82. The standard InChI is InChI=1S/C25H25ClF3N7O/c1-4-33-14-20(25(27,28)29)31-24(33)17-7-5-16(6-8-17)13-34-21-11-19(32-35(21)10-9-22(34)37)23-18(26)12-30-36(23)15(2)3/h5-8,11-12,14-15H,4,9-10,13H2,1-3H3. The summed E-state index contributed by atoms with van der Waals surface area (Å²) in [5.41, 5.74) is 1.79. The van der Waals surface area contributed by atoms with Crippen molar-refractivity contribution >= 4 is 23.3 Å². The summed E-state index contributed by atoms with van der Waals surface area (Å²) in [4.78, 5) is 18.4. The van der Waals surface area contributed by atoms with Crippen LogP contribution in [0, 0.1) is 0 Å². The SMILES string of the molecule is CCn1cc(C(F)(F)F)nc1-c1ccc(CN2C(=O)CCn3nc(-c4c(Cl)cnn4C(C)C)cc32)cc1. The second kappa shape index (κ2) is 9.37. The van der Waals surface area contributed by atoms with Crippen LogP contribution in [0.2, 0.25) is 5.02 Å². The quantitative estimate of drug-likeness (QED) is 0.314. The molecule has 3 aromatic heterocycles. The first kappa shape index (κ1) is 25.1. The van der Waals surface area contributed by atoms with Gasteiger partial charge in [0.15, 0.2) is 5.69 Å². The fourth-order valence-electron chi connectivity index (χ4n) is 4.48. The van der Waals surface area contributed by atoms with Gasteiger partial charge < -0.3 is 4.57 Å². The van der Waals surface area contributed by atoms with Crippen molar-refractivity contribution in [1.82, 2.24) is 29.1 Å². The van der Waals surface area contributed by atoms with Crippen LogP contribution in [0.1, 0.15) is 44.5 Å². The number of hydrogen-bond donors (Lipinski definition) is 0. The van der Waals surface area contributed by atoms with Gasteiger partial charge in [0.25, 0.3) is 0 Å². The number of aryl methyl sites for hydroxylation is 2. The molecule has 1 aliphatic heterocycles. The lowest BCUT2D eigenvalue weighted by molar-refractivity contribution is -0.140. The van der Waals surface area contributed by atoms with E-state index in [1.54, 1.807) is 51.6 Å². The van der Waals surface area contributed by atoms with Crippen molar-refractivity contribution in [3.8, 4) is 22.8 Å². The van der Waals surface area contributed by atoms with E-state index in [0.717, 1.165) is 11.8 Å². The zero-order valence-corrected chi connectivity index (χ0v) is 21.3. The average Bonchev–Trinajstić information content (AvgIpc) is 3.57. The predicted molar refractivity (Wildman–Crippen MR) is 133 cm³/mol. The maximum Gasteiger partial charge on any atom is 0.434 e. The number of carbonyl (C=O) groups excluding carboxylic acids is 1. The summed E-state index contributed by atoms with van der Waals surface area (Å²) >= 11 is 6.41. The molecule has 12 heteroatoms. The molecule has 0 radical (unpaired) electrons. The van der Waals surface area contributed by atoms with Gasteiger partial charge in [-0.05, 0) is 26.3 Å². The fourth-order valence-corrected chi connectivity index (χ4v) is 4.70. The Morgan fingerprint density at radius 3 is 2.54 bits per heavy atom. The highest BCUT2D eigenvalue weighted by molar-refractivity contribution is 6.33. The van der Waals surface area contributed by atoms with E-state index >= 15 is 0 Å². The molecule has 1 aliphatic rings. The normalized spacial score (nSPS) is 14.1. The Morgan fingerprint density at radius 2 is 1.89 bits per heavy atom. The van der Waals surface area contributed by atoms with E-state index < -0.39 is 11.9 Å². The van der Waals surface area contributed by atoms with Crippen LogP contribution in [0.5, 0.6) is 0 Å². The number of fused-ring (bicyclic) bond motifs is 1. The molecule has 4 heterocycles. The number of hydrogen-bond acceptors (Lipinski definition) is 4. The molecule has 37 heavy (non-hydrogen) atoms. The van der Waals surface area contributed by atoms with Crippen molar-refractivity contribution in [3.05, 3.63) is 59.0 Å². The highest BCUT2D eigenvalue weighted by atomic mass is 35.5. The number of halogens is 4. The molecule has 8 nitrogen and oxygen atoms in total. The van der Waals surface area contributed by atoms with E-state index in [9.17, 15) is 18.0 Å². The van der Waals surface area contributed by atoms with Gasteiger partial charge in [-0.2, -0.15) is 23.4 Å². The fraction of sp³-hybridized carbons (Fsp3) is 0.360. The maximum absolute atomic E-state index is 13.2. The van der Waals surface area contributed by atoms with E-state index in [1.807, 2.05) is 19.9 Å². The highest BCUT2D eigenvalue weighted by Crippen LogP contribution is 2.35. The van der Waals surface area contributed by atoms with Gasteiger partial charge in [-0.1, -0.05) is 35.9 Å². The van der Waals surface area contributed by atoms with E-state index in [1.165, 1.54) is 4.57 Å². The number of rotatable bonds is 6. The van der Waals surface area contributed by atoms with Crippen LogP contribution in [0.25, 0.3) is 22.8 Å². The second-order valence-electron chi connectivity index (χ2n) is 9.15. The molecule has 0 unspecified atom stereocenters. The van der Waals surface area contributed by atoms with Crippen molar-refractivity contribution in [1.29, 1.82) is 0 Å². The topological polar surface area (TPSA) is 73.8 Å². The van der Waals surface area contributed by atoms with Gasteiger partial charge in [-0.3, -0.25) is 14.4 Å². The van der Waals surface area contributed by atoms with Crippen LogP contribution in [-0.4, -0.2) is 35.0 Å². The Bertz CT molecular complexity index is 1450. The number of anilines is 1. The average molecular weight is 532 g/mol. The lowest BCUT2D eigenvalue weighted by Crippen LogP contribution is -2.36. The Kier molecular flexibility index (Phi) is 6.35. The third-order valence-electron chi connectivity index (χ3n) is 6.32. The number of alkyl halides is 3. The molecule has 0 saturated heterocycles. The molecule has 4 aromatic rings. The van der Waals surface area contributed by atoms with Crippen molar-refractivity contribution in [2.24, 2.45) is 0 Å². The van der Waals surface area contributed by atoms with Gasteiger partial charge in [0.2, 0.25) is 5.91 Å². The van der Waals surface area contributed by atoms with Crippen molar-refractivity contribution in [3.63, 3.8) is 0 Å². The summed E-state index contributed by atoms with van der Waals surface area (Å²) in [7, 11) is 0. The summed E-state index contributed by atoms with van der Waals surface area (Å²) in [5.74, 6) is 0.860. The smallest absolute Gasteiger partial charge is 0.331 e. The molecule has 0 N–H and O–H groups in total. The molecular formula is C25H25ClF3N7O. The van der Waals surface area contributed by atoms with Crippen LogP contribution in [0.3, 0.4) is 0 Å². The number of aromatic nitrogens is 6. The first-order valence-electron chi connectivity index (χ1n) is 11.9. The Balaban J connectivity index is 1.43. The molecule has 0 aliphatic carbocycles. The van der Waals surface area contributed by atoms with E-state index in [4.69, 9.17) is 16.7 Å². The Hall–Kier alpha value is -3.60. The zero-order chi connectivity index (χ0) is 26.5. The molecule has 5 rings (SSSR count). The third-order valence-corrected chi connectivity index (χ3v) is 6.59. The lowest BCUT2D eigenvalue weighted by atomic mass is 10.1. The summed E-state index contributed by atoms with van der Waals surface area (Å²) in [6, 6.07) is 8.96. The van der Waals surface area contributed by atoms with Crippen molar-refractivity contribution in [2.45, 2.75) is 59.0 Å². The zero-order valence-electron chi connectivity index (χ0n) is 20.5. The summed E-state index contributed by atoms with van der Waals surface area (Å²) in [5, 5.41) is 9.52. The van der Waals surface area contributed by atoms with E-state index in [0.29, 0.717) is 47.3 Å². The molecule has 194 valence electrons. The number of imidazole rings is 1. The third kappa shape index (κ3) is 4.63.